The van der Waals surface area contributed by atoms with Crippen LogP contribution >= 0.6 is 15.9 Å². The van der Waals surface area contributed by atoms with Crippen molar-refractivity contribution in [2.24, 2.45) is 0 Å². The molecule has 0 amide bonds. The van der Waals surface area contributed by atoms with Crippen molar-refractivity contribution in [1.82, 2.24) is 9.97 Å². The van der Waals surface area contributed by atoms with Crippen LogP contribution in [-0.2, 0) is 12.8 Å². The van der Waals surface area contributed by atoms with E-state index in [2.05, 4.69) is 76.3 Å². The first-order chi connectivity index (χ1) is 9.69. The second-order valence-corrected chi connectivity index (χ2v) is 5.38. The Hall–Kier alpha value is -1.42. The number of rotatable bonds is 5. The van der Waals surface area contributed by atoms with Gasteiger partial charge in [-0.3, -0.25) is 0 Å². The monoisotopic (exact) mass is 333 g/mol. The predicted octanol–water partition coefficient (Wildman–Crippen LogP) is 4.46. The second kappa shape index (κ2) is 6.84. The number of aryl methyl sites for hydroxylation is 2. The van der Waals surface area contributed by atoms with Gasteiger partial charge >= 0.3 is 0 Å². The van der Waals surface area contributed by atoms with E-state index < -0.39 is 0 Å². The summed E-state index contributed by atoms with van der Waals surface area (Å²) in [7, 11) is 0. The average molecular weight is 334 g/mol. The van der Waals surface area contributed by atoms with E-state index in [1.165, 1.54) is 5.56 Å². The Morgan fingerprint density at radius 2 is 1.70 bits per heavy atom. The molecule has 1 aromatic carbocycles. The van der Waals surface area contributed by atoms with Crippen LogP contribution in [0.1, 0.15) is 32.0 Å². The number of aromatic nitrogens is 2. The smallest absolute Gasteiger partial charge is 0.161 e. The molecule has 0 aliphatic heterocycles. The molecule has 0 aliphatic rings. The molecule has 0 saturated carbocycles. The van der Waals surface area contributed by atoms with Crippen LogP contribution in [0.2, 0.25) is 0 Å². The van der Waals surface area contributed by atoms with Crippen molar-refractivity contribution in [3.05, 3.63) is 40.0 Å². The van der Waals surface area contributed by atoms with Gasteiger partial charge in [0, 0.05) is 12.1 Å². The quantitative estimate of drug-likeness (QED) is 0.877. The highest BCUT2D eigenvalue weighted by molar-refractivity contribution is 9.10. The molecule has 1 heterocycles. The van der Waals surface area contributed by atoms with Gasteiger partial charge in [-0.05, 0) is 41.3 Å². The van der Waals surface area contributed by atoms with Crippen LogP contribution in [0, 0.1) is 0 Å². The van der Waals surface area contributed by atoms with Crippen molar-refractivity contribution in [3.63, 3.8) is 0 Å². The summed E-state index contributed by atoms with van der Waals surface area (Å²) in [5, 5.41) is 3.29. The van der Waals surface area contributed by atoms with Crippen LogP contribution in [-0.4, -0.2) is 16.5 Å². The van der Waals surface area contributed by atoms with E-state index >= 15 is 0 Å². The molecule has 20 heavy (non-hydrogen) atoms. The van der Waals surface area contributed by atoms with Crippen LogP contribution < -0.4 is 5.32 Å². The molecule has 0 radical (unpaired) electrons. The maximum absolute atomic E-state index is 4.66. The lowest BCUT2D eigenvalue weighted by Crippen LogP contribution is -2.05. The largest absolute Gasteiger partial charge is 0.369 e. The zero-order chi connectivity index (χ0) is 14.5. The second-order valence-electron chi connectivity index (χ2n) is 4.59. The number of halogens is 1. The fourth-order valence-electron chi connectivity index (χ4n) is 2.03. The van der Waals surface area contributed by atoms with Gasteiger partial charge in [-0.2, -0.15) is 0 Å². The summed E-state index contributed by atoms with van der Waals surface area (Å²) in [6.45, 7) is 7.17. The third-order valence-corrected chi connectivity index (χ3v) is 4.05. The van der Waals surface area contributed by atoms with Crippen LogP contribution in [0.4, 0.5) is 5.82 Å². The first-order valence-corrected chi connectivity index (χ1v) is 7.88. The number of hydrogen-bond acceptors (Lipinski definition) is 3. The van der Waals surface area contributed by atoms with Crippen LogP contribution in [0.25, 0.3) is 11.4 Å². The third kappa shape index (κ3) is 3.18. The Kier molecular flexibility index (Phi) is 5.12. The minimum absolute atomic E-state index is 0.781. The zero-order valence-electron chi connectivity index (χ0n) is 12.2. The molecule has 0 bridgehead atoms. The lowest BCUT2D eigenvalue weighted by Gasteiger charge is -2.11. The minimum Gasteiger partial charge on any atom is -0.369 e. The van der Waals surface area contributed by atoms with Gasteiger partial charge in [0.1, 0.15) is 5.82 Å². The van der Waals surface area contributed by atoms with E-state index in [0.717, 1.165) is 46.8 Å². The number of hydrogen-bond donors (Lipinski definition) is 1. The predicted molar refractivity (Wildman–Crippen MR) is 88.1 cm³/mol. The number of nitrogens with one attached hydrogen (secondary N) is 1. The molecule has 0 fully saturated rings. The van der Waals surface area contributed by atoms with Gasteiger partial charge in [0.05, 0.1) is 10.2 Å². The maximum atomic E-state index is 4.66. The SMILES string of the molecule is CCNc1nc(-c2ccc(CC)cc2)nc(CC)c1Br. The molecule has 106 valence electrons. The highest BCUT2D eigenvalue weighted by atomic mass is 79.9. The number of nitrogens with zero attached hydrogens (tertiary/aromatic N) is 2. The van der Waals surface area contributed by atoms with Gasteiger partial charge in [0.2, 0.25) is 0 Å². The van der Waals surface area contributed by atoms with E-state index in [4.69, 9.17) is 0 Å². The fraction of sp³-hybridized carbons (Fsp3) is 0.375. The summed E-state index contributed by atoms with van der Waals surface area (Å²) in [6.07, 6.45) is 1.92. The van der Waals surface area contributed by atoms with Gasteiger partial charge in [0.25, 0.3) is 0 Å². The van der Waals surface area contributed by atoms with Crippen molar-refractivity contribution in [1.29, 1.82) is 0 Å². The fourth-order valence-corrected chi connectivity index (χ4v) is 2.63. The van der Waals surface area contributed by atoms with Crippen molar-refractivity contribution in [3.8, 4) is 11.4 Å². The first-order valence-electron chi connectivity index (χ1n) is 7.09. The topological polar surface area (TPSA) is 37.8 Å². The Labute approximate surface area is 129 Å². The average Bonchev–Trinajstić information content (AvgIpc) is 2.49. The Bertz CT molecular complexity index is 579. The Morgan fingerprint density at radius 3 is 2.25 bits per heavy atom. The maximum Gasteiger partial charge on any atom is 0.161 e. The third-order valence-electron chi connectivity index (χ3n) is 3.22. The van der Waals surface area contributed by atoms with E-state index in [1.807, 2.05) is 0 Å². The summed E-state index contributed by atoms with van der Waals surface area (Å²) in [5.74, 6) is 1.65. The number of anilines is 1. The lowest BCUT2D eigenvalue weighted by molar-refractivity contribution is 0.983. The highest BCUT2D eigenvalue weighted by Crippen LogP contribution is 2.27. The van der Waals surface area contributed by atoms with Crippen molar-refractivity contribution in [2.75, 3.05) is 11.9 Å². The molecule has 0 aliphatic carbocycles. The van der Waals surface area contributed by atoms with Gasteiger partial charge in [-0.1, -0.05) is 38.1 Å². The highest BCUT2D eigenvalue weighted by Gasteiger charge is 2.11. The summed E-state index contributed by atoms with van der Waals surface area (Å²) >= 11 is 3.58. The molecule has 2 aromatic rings. The summed E-state index contributed by atoms with van der Waals surface area (Å²) < 4.78 is 0.968. The molecular weight excluding hydrogens is 314 g/mol. The van der Waals surface area contributed by atoms with Gasteiger partial charge in [0.15, 0.2) is 5.82 Å². The molecular formula is C16H20BrN3. The normalized spacial score (nSPS) is 10.6. The van der Waals surface area contributed by atoms with E-state index in [1.54, 1.807) is 0 Å². The van der Waals surface area contributed by atoms with E-state index in [0.29, 0.717) is 0 Å². The van der Waals surface area contributed by atoms with E-state index in [9.17, 15) is 0 Å². The molecule has 1 N–H and O–H groups in total. The zero-order valence-corrected chi connectivity index (χ0v) is 13.8. The summed E-state index contributed by atoms with van der Waals surface area (Å²) in [4.78, 5) is 9.29. The molecule has 0 atom stereocenters. The van der Waals surface area contributed by atoms with Crippen molar-refractivity contribution in [2.45, 2.75) is 33.6 Å². The van der Waals surface area contributed by atoms with Crippen molar-refractivity contribution < 1.29 is 0 Å². The standard InChI is InChI=1S/C16H20BrN3/c1-4-11-7-9-12(10-8-11)15-19-13(5-2)14(17)16(20-15)18-6-3/h7-10H,4-6H2,1-3H3,(H,18,19,20). The summed E-state index contributed by atoms with van der Waals surface area (Å²) in [5.41, 5.74) is 3.42. The molecule has 0 spiro atoms. The molecule has 0 unspecified atom stereocenters. The number of benzene rings is 1. The van der Waals surface area contributed by atoms with Gasteiger partial charge < -0.3 is 5.32 Å². The van der Waals surface area contributed by atoms with Crippen molar-refractivity contribution >= 4 is 21.7 Å². The molecule has 2 rings (SSSR count). The first kappa shape index (κ1) is 15.0. The Balaban J connectivity index is 2.46. The lowest BCUT2D eigenvalue weighted by atomic mass is 10.1. The van der Waals surface area contributed by atoms with Crippen LogP contribution in [0.15, 0.2) is 28.7 Å². The summed E-state index contributed by atoms with van der Waals surface area (Å²) in [6, 6.07) is 8.47. The van der Waals surface area contributed by atoms with Crippen LogP contribution in [0.3, 0.4) is 0 Å². The molecule has 4 heteroatoms. The van der Waals surface area contributed by atoms with Gasteiger partial charge in [-0.25, -0.2) is 9.97 Å². The van der Waals surface area contributed by atoms with E-state index in [-0.39, 0.29) is 0 Å². The Morgan fingerprint density at radius 1 is 1.00 bits per heavy atom. The molecule has 0 saturated heterocycles. The minimum atomic E-state index is 0.781. The molecule has 1 aromatic heterocycles. The van der Waals surface area contributed by atoms with Gasteiger partial charge in [-0.15, -0.1) is 0 Å². The van der Waals surface area contributed by atoms with Crippen LogP contribution in [0.5, 0.6) is 0 Å². The molecule has 3 nitrogen and oxygen atoms in total.